The Morgan fingerprint density at radius 1 is 1.50 bits per heavy atom. The van der Waals surface area contributed by atoms with Gasteiger partial charge in [-0.2, -0.15) is 0 Å². The second-order valence-corrected chi connectivity index (χ2v) is 3.20. The van der Waals surface area contributed by atoms with Crippen LogP contribution in [0.4, 0.5) is 0 Å². The summed E-state index contributed by atoms with van der Waals surface area (Å²) in [5, 5.41) is 3.20. The molecule has 0 amide bonds. The van der Waals surface area contributed by atoms with Crippen molar-refractivity contribution in [2.45, 2.75) is 6.04 Å². The molecule has 0 spiro atoms. The number of nitrogens with zero attached hydrogens (tertiary/aromatic N) is 1. The predicted octanol–water partition coefficient (Wildman–Crippen LogP) is 0.301. The molecule has 3 heteroatoms. The lowest BCUT2D eigenvalue weighted by Crippen LogP contribution is -2.47. The lowest BCUT2D eigenvalue weighted by atomic mass is 9.92. The van der Waals surface area contributed by atoms with Crippen LogP contribution in [-0.2, 0) is 0 Å². The molecule has 1 aliphatic rings. The van der Waals surface area contributed by atoms with Gasteiger partial charge < -0.3 is 11.1 Å². The Kier molecular flexibility index (Phi) is 2.06. The van der Waals surface area contributed by atoms with Crippen LogP contribution >= 0.6 is 0 Å². The molecule has 2 rings (SSSR count). The quantitative estimate of drug-likeness (QED) is 0.659. The van der Waals surface area contributed by atoms with E-state index < -0.39 is 0 Å². The molecule has 0 radical (unpaired) electrons. The molecule has 1 aromatic heterocycles. The molecule has 0 saturated carbocycles. The van der Waals surface area contributed by atoms with E-state index in [1.54, 1.807) is 6.20 Å². The molecule has 0 aliphatic carbocycles. The van der Waals surface area contributed by atoms with Crippen LogP contribution in [0, 0.1) is 5.92 Å². The van der Waals surface area contributed by atoms with Crippen LogP contribution in [0.3, 0.4) is 0 Å². The first-order valence-electron chi connectivity index (χ1n) is 4.25. The molecule has 1 unspecified atom stereocenters. The monoisotopic (exact) mass is 163 g/mol. The van der Waals surface area contributed by atoms with Crippen LogP contribution < -0.4 is 11.1 Å². The number of hydrogen-bond donors (Lipinski definition) is 2. The van der Waals surface area contributed by atoms with Gasteiger partial charge in [-0.3, -0.25) is 4.98 Å². The van der Waals surface area contributed by atoms with Gasteiger partial charge in [-0.1, -0.05) is 6.07 Å². The summed E-state index contributed by atoms with van der Waals surface area (Å²) in [6.07, 6.45) is 1.79. The van der Waals surface area contributed by atoms with E-state index in [4.69, 9.17) is 5.73 Å². The minimum Gasteiger partial charge on any atom is -0.322 e. The Morgan fingerprint density at radius 2 is 2.33 bits per heavy atom. The zero-order valence-electron chi connectivity index (χ0n) is 6.90. The maximum Gasteiger partial charge on any atom is 0.0574 e. The summed E-state index contributed by atoms with van der Waals surface area (Å²) in [6.45, 7) is 2.05. The van der Waals surface area contributed by atoms with Gasteiger partial charge in [0.1, 0.15) is 0 Å². The van der Waals surface area contributed by atoms with E-state index in [1.807, 2.05) is 18.2 Å². The lowest BCUT2D eigenvalue weighted by molar-refractivity contribution is 0.291. The first kappa shape index (κ1) is 7.71. The van der Waals surface area contributed by atoms with Crippen molar-refractivity contribution in [1.29, 1.82) is 0 Å². The normalized spacial score (nSPS) is 20.1. The fraction of sp³-hybridized carbons (Fsp3) is 0.444. The van der Waals surface area contributed by atoms with Gasteiger partial charge in [0.25, 0.3) is 0 Å². The zero-order valence-corrected chi connectivity index (χ0v) is 6.90. The second kappa shape index (κ2) is 3.21. The van der Waals surface area contributed by atoms with Crippen LogP contribution in [0.25, 0.3) is 0 Å². The number of nitrogens with one attached hydrogen (secondary N) is 1. The minimum atomic E-state index is 0.104. The largest absolute Gasteiger partial charge is 0.322 e. The SMILES string of the molecule is NC(c1ccccn1)C1CNC1. The van der Waals surface area contributed by atoms with Gasteiger partial charge in [0.05, 0.1) is 11.7 Å². The van der Waals surface area contributed by atoms with Crippen LogP contribution in [0.5, 0.6) is 0 Å². The summed E-state index contributed by atoms with van der Waals surface area (Å²) < 4.78 is 0. The van der Waals surface area contributed by atoms with Crippen molar-refractivity contribution in [3.63, 3.8) is 0 Å². The standard InChI is InChI=1S/C9H13N3/c10-9(7-5-11-6-7)8-3-1-2-4-12-8/h1-4,7,9,11H,5-6,10H2. The van der Waals surface area contributed by atoms with Crippen molar-refractivity contribution in [3.05, 3.63) is 30.1 Å². The van der Waals surface area contributed by atoms with Gasteiger partial charge in [-0.25, -0.2) is 0 Å². The van der Waals surface area contributed by atoms with E-state index in [9.17, 15) is 0 Å². The number of rotatable bonds is 2. The second-order valence-electron chi connectivity index (χ2n) is 3.20. The molecule has 1 aliphatic heterocycles. The number of nitrogens with two attached hydrogens (primary N) is 1. The van der Waals surface area contributed by atoms with E-state index in [1.165, 1.54) is 0 Å². The molecule has 3 N–H and O–H groups in total. The summed E-state index contributed by atoms with van der Waals surface area (Å²) >= 11 is 0. The fourth-order valence-electron chi connectivity index (χ4n) is 1.38. The third-order valence-electron chi connectivity index (χ3n) is 2.35. The topological polar surface area (TPSA) is 50.9 Å². The smallest absolute Gasteiger partial charge is 0.0574 e. The van der Waals surface area contributed by atoms with E-state index >= 15 is 0 Å². The Balaban J connectivity index is 2.08. The van der Waals surface area contributed by atoms with Crippen LogP contribution in [-0.4, -0.2) is 18.1 Å². The summed E-state index contributed by atoms with van der Waals surface area (Å²) in [5.41, 5.74) is 7.00. The molecular weight excluding hydrogens is 150 g/mol. The van der Waals surface area contributed by atoms with Crippen LogP contribution in [0.2, 0.25) is 0 Å². The third kappa shape index (κ3) is 1.33. The molecule has 0 aromatic carbocycles. The molecule has 2 heterocycles. The number of hydrogen-bond acceptors (Lipinski definition) is 3. The fourth-order valence-corrected chi connectivity index (χ4v) is 1.38. The highest BCUT2D eigenvalue weighted by Gasteiger charge is 2.25. The predicted molar refractivity (Wildman–Crippen MR) is 47.5 cm³/mol. The first-order valence-corrected chi connectivity index (χ1v) is 4.25. The first-order chi connectivity index (χ1) is 5.88. The highest BCUT2D eigenvalue weighted by Crippen LogP contribution is 2.20. The van der Waals surface area contributed by atoms with Crippen LogP contribution in [0.1, 0.15) is 11.7 Å². The molecule has 1 saturated heterocycles. The number of pyridine rings is 1. The van der Waals surface area contributed by atoms with Crippen molar-refractivity contribution in [2.24, 2.45) is 11.7 Å². The van der Waals surface area contributed by atoms with Crippen molar-refractivity contribution < 1.29 is 0 Å². The van der Waals surface area contributed by atoms with Gasteiger partial charge in [0.15, 0.2) is 0 Å². The maximum absolute atomic E-state index is 6.00. The molecule has 1 aromatic rings. The van der Waals surface area contributed by atoms with Crippen LogP contribution in [0.15, 0.2) is 24.4 Å². The summed E-state index contributed by atoms with van der Waals surface area (Å²) in [4.78, 5) is 4.23. The average Bonchev–Trinajstić information content (AvgIpc) is 2.03. The molecule has 3 nitrogen and oxygen atoms in total. The molecule has 0 bridgehead atoms. The summed E-state index contributed by atoms with van der Waals surface area (Å²) in [7, 11) is 0. The van der Waals surface area contributed by atoms with Gasteiger partial charge in [-0.15, -0.1) is 0 Å². The Morgan fingerprint density at radius 3 is 2.83 bits per heavy atom. The molecule has 64 valence electrons. The lowest BCUT2D eigenvalue weighted by Gasteiger charge is -2.31. The highest BCUT2D eigenvalue weighted by atomic mass is 15.0. The van der Waals surface area contributed by atoms with Gasteiger partial charge in [0, 0.05) is 25.2 Å². The van der Waals surface area contributed by atoms with E-state index in [2.05, 4.69) is 10.3 Å². The third-order valence-corrected chi connectivity index (χ3v) is 2.35. The molecular formula is C9H13N3. The van der Waals surface area contributed by atoms with Crippen molar-refractivity contribution >= 4 is 0 Å². The van der Waals surface area contributed by atoms with Crippen molar-refractivity contribution in [3.8, 4) is 0 Å². The highest BCUT2D eigenvalue weighted by molar-refractivity contribution is 5.10. The zero-order chi connectivity index (χ0) is 8.39. The van der Waals surface area contributed by atoms with E-state index in [0.717, 1.165) is 18.8 Å². The molecule has 12 heavy (non-hydrogen) atoms. The van der Waals surface area contributed by atoms with E-state index in [0.29, 0.717) is 5.92 Å². The Bertz CT molecular complexity index is 243. The number of aromatic nitrogens is 1. The van der Waals surface area contributed by atoms with Crippen molar-refractivity contribution in [2.75, 3.05) is 13.1 Å². The van der Waals surface area contributed by atoms with E-state index in [-0.39, 0.29) is 6.04 Å². The summed E-state index contributed by atoms with van der Waals surface area (Å²) in [5.74, 6) is 0.569. The van der Waals surface area contributed by atoms with Crippen molar-refractivity contribution in [1.82, 2.24) is 10.3 Å². The van der Waals surface area contributed by atoms with Gasteiger partial charge in [0.2, 0.25) is 0 Å². The minimum absolute atomic E-state index is 0.104. The average molecular weight is 163 g/mol. The molecule has 1 atom stereocenters. The van der Waals surface area contributed by atoms with Gasteiger partial charge >= 0.3 is 0 Å². The maximum atomic E-state index is 6.00. The Labute approximate surface area is 72.0 Å². The molecule has 1 fully saturated rings. The Hall–Kier alpha value is -0.930. The van der Waals surface area contributed by atoms with Gasteiger partial charge in [-0.05, 0) is 12.1 Å². The summed E-state index contributed by atoms with van der Waals surface area (Å²) in [6, 6.07) is 5.99.